The fourth-order valence-corrected chi connectivity index (χ4v) is 12.4. The first-order chi connectivity index (χ1) is 44.8. The number of aromatic hydroxyl groups is 1. The number of anilines is 2. The van der Waals surface area contributed by atoms with Crippen molar-refractivity contribution in [2.24, 2.45) is 5.73 Å². The minimum Gasteiger partial charge on any atom is -0.508 e. The van der Waals surface area contributed by atoms with Crippen LogP contribution in [0.3, 0.4) is 0 Å². The van der Waals surface area contributed by atoms with Crippen molar-refractivity contribution in [2.45, 2.75) is 116 Å². The number of aromatic nitrogens is 12. The topological polar surface area (TPSA) is 218 Å². The number of nitrogens with zero attached hydrogens (tertiary/aromatic N) is 12. The van der Waals surface area contributed by atoms with Gasteiger partial charge in [-0.2, -0.15) is 24.3 Å². The Labute approximate surface area is 557 Å². The smallest absolute Gasteiger partial charge is 0.161 e. The van der Waals surface area contributed by atoms with Crippen molar-refractivity contribution in [3.63, 3.8) is 0 Å². The third kappa shape index (κ3) is 14.5. The van der Waals surface area contributed by atoms with E-state index in [0.717, 1.165) is 101 Å². The number of benzene rings is 3. The van der Waals surface area contributed by atoms with Crippen molar-refractivity contribution < 1.29 is 27.8 Å². The molecular weight excluding hydrogens is 1280 g/mol. The second-order valence-electron chi connectivity index (χ2n) is 24.6. The lowest BCUT2D eigenvalue weighted by Crippen LogP contribution is -2.21. The number of nitrogens with one attached hydrogen (secondary N) is 2. The van der Waals surface area contributed by atoms with Crippen LogP contribution < -0.4 is 25.8 Å². The molecule has 484 valence electrons. The number of methoxy groups -OCH3 is 2. The molecule has 18 nitrogen and oxygen atoms in total. The highest BCUT2D eigenvalue weighted by molar-refractivity contribution is 8.93. The Morgan fingerprint density at radius 2 is 0.830 bits per heavy atom. The summed E-state index contributed by atoms with van der Waals surface area (Å²) in [6.45, 7) is 12.5. The summed E-state index contributed by atoms with van der Waals surface area (Å²) in [4.78, 5) is 25.9. The van der Waals surface area contributed by atoms with Crippen LogP contribution in [0.15, 0.2) is 147 Å². The van der Waals surface area contributed by atoms with Gasteiger partial charge in [0.15, 0.2) is 16.9 Å². The zero-order valence-electron chi connectivity index (χ0n) is 53.2. The van der Waals surface area contributed by atoms with Crippen LogP contribution in [0.4, 0.5) is 24.8 Å². The lowest BCUT2D eigenvalue weighted by atomic mass is 10.1. The number of hydrogen-bond acceptors (Lipinski definition) is 15. The van der Waals surface area contributed by atoms with Gasteiger partial charge in [0.25, 0.3) is 0 Å². The SMILES string of the molecule is Br.CC(C)c1cnn2c(Cl)cc(-c3cncc(F)c3)nc12.CC(C)c1cnn2c(N[C@@H]3Cc4ccc(O)cc4C3)cc(-c3cncc(F)c3)nc12.COc1ccc2c(c1)C[C@H](N)C2.COc1ccc2c(c1)C[C@H](Nc1cc(-c3cncc(F)c3)nc3c(C(C)C)cnn13)C2. The molecule has 3 aliphatic rings. The number of halogens is 5. The van der Waals surface area contributed by atoms with Gasteiger partial charge >= 0.3 is 0 Å². The summed E-state index contributed by atoms with van der Waals surface area (Å²) in [6.07, 6.45) is 19.3. The van der Waals surface area contributed by atoms with Crippen molar-refractivity contribution in [1.29, 1.82) is 0 Å². The van der Waals surface area contributed by atoms with E-state index >= 15 is 0 Å². The molecule has 15 rings (SSSR count). The number of pyridine rings is 3. The average molecular weight is 1360 g/mol. The van der Waals surface area contributed by atoms with Gasteiger partial charge in [-0.1, -0.05) is 71.3 Å². The van der Waals surface area contributed by atoms with Crippen molar-refractivity contribution in [3.05, 3.63) is 219 Å². The fraction of sp³-hybridized carbons (Fsp3) is 0.282. The summed E-state index contributed by atoms with van der Waals surface area (Å²) in [5.41, 5.74) is 22.6. The van der Waals surface area contributed by atoms with Crippen LogP contribution in [0.2, 0.25) is 5.15 Å². The minimum absolute atomic E-state index is 0. The Balaban J connectivity index is 0.000000134. The van der Waals surface area contributed by atoms with Gasteiger partial charge < -0.3 is 30.9 Å². The highest BCUT2D eigenvalue weighted by Gasteiger charge is 2.27. The van der Waals surface area contributed by atoms with E-state index in [-0.39, 0.29) is 58.4 Å². The van der Waals surface area contributed by atoms with Gasteiger partial charge in [-0.15, -0.1) is 17.0 Å². The summed E-state index contributed by atoms with van der Waals surface area (Å²) in [6, 6.07) is 28.4. The fourth-order valence-electron chi connectivity index (χ4n) is 12.1. The van der Waals surface area contributed by atoms with E-state index in [1.165, 1.54) is 58.4 Å². The van der Waals surface area contributed by atoms with Gasteiger partial charge in [0, 0.05) is 88.3 Å². The van der Waals surface area contributed by atoms with E-state index < -0.39 is 11.6 Å². The lowest BCUT2D eigenvalue weighted by Gasteiger charge is -2.16. The molecule has 5 N–H and O–H groups in total. The standard InChI is InChI=1S/C24H24FN5O.C23H22FN5O.C14H12ClFN4.C10H13NO.BrH/c1-14(2)21-13-27-30-23(10-22(29-24(21)30)17-6-18(25)12-26-11-17)28-19-7-15-4-5-20(31-3)9-16(15)8-19;1-13(2)20-12-26-29-22(27-18-6-14-3-4-19(30)8-15(14)7-18)9-21(28-23(20)29)16-5-17(24)11-25-10-16;1-8(2)11-7-18-20-13(15)4-12(19-14(11)20)9-3-10(16)6-17-5-9;1-12-10-3-2-7-4-9(11)5-8(7)6-10;/h4-6,9-14,19,28H,7-8H2,1-3H3;3-5,8-13,18,27,30H,6-7H2,1-2H3;3-8H,1-2H3;2-3,6,9H,4-5,11H2,1H3;1H/t19-;18-;;9-;/m11.1./s1. The Morgan fingerprint density at radius 3 is 1.26 bits per heavy atom. The van der Waals surface area contributed by atoms with E-state index in [1.807, 2.05) is 57.8 Å². The predicted molar refractivity (Wildman–Crippen MR) is 365 cm³/mol. The Morgan fingerprint density at radius 1 is 0.468 bits per heavy atom. The largest absolute Gasteiger partial charge is 0.508 e. The maximum Gasteiger partial charge on any atom is 0.161 e. The van der Waals surface area contributed by atoms with E-state index in [1.54, 1.807) is 55.7 Å². The van der Waals surface area contributed by atoms with Crippen LogP contribution in [0.5, 0.6) is 17.2 Å². The number of ether oxygens (including phenoxy) is 2. The second kappa shape index (κ2) is 28.4. The monoisotopic (exact) mass is 1350 g/mol. The molecule has 3 aliphatic carbocycles. The molecule has 0 fully saturated rings. The van der Waals surface area contributed by atoms with Gasteiger partial charge in [-0.05, 0) is 144 Å². The molecule has 0 unspecified atom stereocenters. The van der Waals surface area contributed by atoms with Crippen molar-refractivity contribution >= 4 is 57.2 Å². The summed E-state index contributed by atoms with van der Waals surface area (Å²) in [7, 11) is 3.38. The molecule has 3 aromatic carbocycles. The molecule has 23 heteroatoms. The summed E-state index contributed by atoms with van der Waals surface area (Å²) in [5, 5.41) is 30.8. The van der Waals surface area contributed by atoms with Crippen molar-refractivity contribution in [3.8, 4) is 51.0 Å². The number of hydrogen-bond donors (Lipinski definition) is 4. The number of phenols is 1. The molecule has 0 radical (unpaired) electrons. The molecule has 0 saturated heterocycles. The van der Waals surface area contributed by atoms with E-state index in [4.69, 9.17) is 36.8 Å². The van der Waals surface area contributed by atoms with Gasteiger partial charge in [-0.25, -0.2) is 32.6 Å². The quantitative estimate of drug-likeness (QED) is 0.0836. The van der Waals surface area contributed by atoms with E-state index in [2.05, 4.69) is 112 Å². The first kappa shape index (κ1) is 66.0. The van der Waals surface area contributed by atoms with Crippen molar-refractivity contribution in [1.82, 2.24) is 58.7 Å². The second-order valence-corrected chi connectivity index (χ2v) is 24.9. The molecule has 0 spiro atoms. The maximum atomic E-state index is 13.8. The third-order valence-electron chi connectivity index (χ3n) is 16.9. The van der Waals surface area contributed by atoms with Crippen LogP contribution >= 0.6 is 28.6 Å². The molecule has 94 heavy (non-hydrogen) atoms. The Kier molecular flexibility index (Phi) is 19.9. The van der Waals surface area contributed by atoms with E-state index in [9.17, 15) is 18.3 Å². The summed E-state index contributed by atoms with van der Waals surface area (Å²) >= 11 is 6.22. The molecule has 0 aliphatic heterocycles. The normalized spacial score (nSPS) is 15.2. The van der Waals surface area contributed by atoms with Gasteiger partial charge in [0.1, 0.15) is 51.5 Å². The summed E-state index contributed by atoms with van der Waals surface area (Å²) < 4.78 is 56.6. The molecule has 3 atom stereocenters. The highest BCUT2D eigenvalue weighted by atomic mass is 79.9. The molecule has 0 bridgehead atoms. The van der Waals surface area contributed by atoms with Crippen LogP contribution in [0.1, 0.15) is 109 Å². The van der Waals surface area contributed by atoms with Gasteiger partial charge in [-0.3, -0.25) is 15.0 Å². The Bertz CT molecular complexity index is 4710. The molecule has 9 heterocycles. The van der Waals surface area contributed by atoms with Crippen LogP contribution in [-0.4, -0.2) is 96.2 Å². The van der Waals surface area contributed by atoms with Crippen LogP contribution in [-0.2, 0) is 38.5 Å². The van der Waals surface area contributed by atoms with Crippen LogP contribution in [0, 0.1) is 17.5 Å². The van der Waals surface area contributed by atoms with Gasteiger partial charge in [0.2, 0.25) is 0 Å². The first-order valence-corrected chi connectivity index (χ1v) is 31.3. The zero-order chi connectivity index (χ0) is 65.2. The molecule has 12 aromatic rings. The maximum absolute atomic E-state index is 13.8. The molecular formula is C71H72BrClF3N15O3. The first-order valence-electron chi connectivity index (χ1n) is 30.9. The molecule has 9 aromatic heterocycles. The third-order valence-corrected chi connectivity index (χ3v) is 17.1. The lowest BCUT2D eigenvalue weighted by molar-refractivity contribution is 0.414. The number of nitrogens with two attached hydrogens (primary N) is 1. The Hall–Kier alpha value is -9.51. The zero-order valence-corrected chi connectivity index (χ0v) is 55.7. The number of fused-ring (bicyclic) bond motifs is 6. The highest BCUT2D eigenvalue weighted by Crippen LogP contribution is 2.35. The van der Waals surface area contributed by atoms with Gasteiger partial charge in [0.05, 0.1) is 68.5 Å². The number of phenolic OH excluding ortho intramolecular Hbond substituents is 1. The predicted octanol–water partition coefficient (Wildman–Crippen LogP) is 14.4. The number of rotatable bonds is 12. The molecule has 0 amide bonds. The minimum atomic E-state index is -0.405. The van der Waals surface area contributed by atoms with Crippen molar-refractivity contribution in [2.75, 3.05) is 24.9 Å². The summed E-state index contributed by atoms with van der Waals surface area (Å²) in [5.74, 6) is 3.34. The average Bonchev–Trinajstić information content (AvgIpc) is 1.69. The van der Waals surface area contributed by atoms with Crippen LogP contribution in [0.25, 0.3) is 50.7 Å². The van der Waals surface area contributed by atoms with E-state index in [0.29, 0.717) is 50.6 Å². The molecule has 0 saturated carbocycles.